The van der Waals surface area contributed by atoms with Crippen LogP contribution in [0.25, 0.3) is 0 Å². The predicted molar refractivity (Wildman–Crippen MR) is 97.4 cm³/mol. The fourth-order valence-corrected chi connectivity index (χ4v) is 3.89. The summed E-state index contributed by atoms with van der Waals surface area (Å²) >= 11 is 1.72. The van der Waals surface area contributed by atoms with Gasteiger partial charge in [0.1, 0.15) is 5.54 Å². The van der Waals surface area contributed by atoms with Crippen LogP contribution >= 0.6 is 11.8 Å². The Balaban J connectivity index is 1.78. The third kappa shape index (κ3) is 5.56. The number of benzene rings is 1. The van der Waals surface area contributed by atoms with E-state index in [0.29, 0.717) is 44.0 Å². The Kier molecular flexibility index (Phi) is 7.43. The lowest BCUT2D eigenvalue weighted by Gasteiger charge is -2.33. The van der Waals surface area contributed by atoms with E-state index in [-0.39, 0.29) is 12.3 Å². The smallest absolute Gasteiger partial charge is 0.329 e. The summed E-state index contributed by atoms with van der Waals surface area (Å²) in [5.41, 5.74) is -1.11. The first-order valence-corrected chi connectivity index (χ1v) is 9.69. The maximum absolute atomic E-state index is 12.1. The van der Waals surface area contributed by atoms with Crippen LogP contribution in [-0.4, -0.2) is 47.2 Å². The SMILES string of the molecule is CCOc1ccccc1OCCCC(=O)NC1(C(=O)O)CCSCC1. The number of amides is 1. The van der Waals surface area contributed by atoms with Gasteiger partial charge in [-0.1, -0.05) is 12.1 Å². The Bertz CT molecular complexity index is 587. The summed E-state index contributed by atoms with van der Waals surface area (Å²) in [6, 6.07) is 7.40. The van der Waals surface area contributed by atoms with Crippen LogP contribution < -0.4 is 14.8 Å². The van der Waals surface area contributed by atoms with E-state index in [4.69, 9.17) is 9.47 Å². The maximum Gasteiger partial charge on any atom is 0.329 e. The molecule has 1 aliphatic heterocycles. The summed E-state index contributed by atoms with van der Waals surface area (Å²) in [7, 11) is 0. The van der Waals surface area contributed by atoms with Gasteiger partial charge in [0.05, 0.1) is 13.2 Å². The van der Waals surface area contributed by atoms with Crippen molar-refractivity contribution in [1.29, 1.82) is 0 Å². The quantitative estimate of drug-likeness (QED) is 0.653. The molecular formula is C18H25NO5S. The summed E-state index contributed by atoms with van der Waals surface area (Å²) in [4.78, 5) is 23.7. The van der Waals surface area contributed by atoms with Crippen molar-refractivity contribution in [3.8, 4) is 11.5 Å². The number of ether oxygens (including phenoxy) is 2. The molecule has 0 unspecified atom stereocenters. The van der Waals surface area contributed by atoms with Gasteiger partial charge >= 0.3 is 5.97 Å². The van der Waals surface area contributed by atoms with Crippen LogP contribution in [0.1, 0.15) is 32.6 Å². The van der Waals surface area contributed by atoms with Gasteiger partial charge in [-0.3, -0.25) is 4.79 Å². The van der Waals surface area contributed by atoms with Crippen LogP contribution in [0, 0.1) is 0 Å². The molecule has 0 bridgehead atoms. The average molecular weight is 367 g/mol. The van der Waals surface area contributed by atoms with Crippen LogP contribution in [0.4, 0.5) is 0 Å². The van der Waals surface area contributed by atoms with E-state index in [0.717, 1.165) is 11.5 Å². The van der Waals surface area contributed by atoms with E-state index in [1.54, 1.807) is 11.8 Å². The molecule has 0 radical (unpaired) electrons. The molecule has 25 heavy (non-hydrogen) atoms. The molecule has 0 spiro atoms. The molecule has 1 fully saturated rings. The van der Waals surface area contributed by atoms with Crippen molar-refractivity contribution >= 4 is 23.6 Å². The van der Waals surface area contributed by atoms with Gasteiger partial charge in [-0.2, -0.15) is 11.8 Å². The van der Waals surface area contributed by atoms with Gasteiger partial charge in [0.25, 0.3) is 0 Å². The number of aliphatic carboxylic acids is 1. The predicted octanol–water partition coefficient (Wildman–Crippen LogP) is 2.71. The first-order valence-electron chi connectivity index (χ1n) is 8.54. The van der Waals surface area contributed by atoms with Crippen LogP contribution in [0.15, 0.2) is 24.3 Å². The third-order valence-electron chi connectivity index (χ3n) is 4.09. The van der Waals surface area contributed by atoms with E-state index in [1.807, 2.05) is 31.2 Å². The van der Waals surface area contributed by atoms with Crippen molar-refractivity contribution in [3.05, 3.63) is 24.3 Å². The molecule has 0 aliphatic carbocycles. The molecule has 2 rings (SSSR count). The molecule has 0 aromatic heterocycles. The Morgan fingerprint density at radius 3 is 2.44 bits per heavy atom. The van der Waals surface area contributed by atoms with E-state index < -0.39 is 11.5 Å². The van der Waals surface area contributed by atoms with Crippen molar-refractivity contribution in [2.24, 2.45) is 0 Å². The molecule has 1 amide bonds. The van der Waals surface area contributed by atoms with Crippen LogP contribution in [-0.2, 0) is 9.59 Å². The second-order valence-electron chi connectivity index (χ2n) is 5.88. The molecule has 1 aliphatic rings. The summed E-state index contributed by atoms with van der Waals surface area (Å²) in [6.45, 7) is 2.83. The van der Waals surface area contributed by atoms with Crippen molar-refractivity contribution in [3.63, 3.8) is 0 Å². The molecule has 6 nitrogen and oxygen atoms in total. The summed E-state index contributed by atoms with van der Waals surface area (Å²) in [5, 5.41) is 12.2. The largest absolute Gasteiger partial charge is 0.490 e. The summed E-state index contributed by atoms with van der Waals surface area (Å²) in [6.07, 6.45) is 1.68. The second kappa shape index (κ2) is 9.56. The molecule has 1 aromatic rings. The minimum absolute atomic E-state index is 0.235. The normalized spacial score (nSPS) is 16.0. The van der Waals surface area contributed by atoms with Gasteiger partial charge in [0, 0.05) is 6.42 Å². The number of thioether (sulfide) groups is 1. The fourth-order valence-electron chi connectivity index (χ4n) is 2.70. The molecule has 0 atom stereocenters. The number of carboxylic acid groups (broad SMARTS) is 1. The zero-order valence-electron chi connectivity index (χ0n) is 14.5. The van der Waals surface area contributed by atoms with E-state index in [2.05, 4.69) is 5.32 Å². The lowest BCUT2D eigenvalue weighted by molar-refractivity contribution is -0.148. The van der Waals surface area contributed by atoms with Crippen molar-refractivity contribution in [2.75, 3.05) is 24.7 Å². The zero-order valence-corrected chi connectivity index (χ0v) is 15.3. The van der Waals surface area contributed by atoms with Crippen LogP contribution in [0.3, 0.4) is 0 Å². The standard InChI is InChI=1S/C18H25NO5S/c1-2-23-14-6-3-4-7-15(14)24-11-5-8-16(20)19-18(17(21)22)9-12-25-13-10-18/h3-4,6-7H,2,5,8-13H2,1H3,(H,19,20)(H,21,22). The first-order chi connectivity index (χ1) is 12.1. The number of carbonyl (C=O) groups excluding carboxylic acids is 1. The van der Waals surface area contributed by atoms with Crippen LogP contribution in [0.5, 0.6) is 11.5 Å². The van der Waals surface area contributed by atoms with E-state index >= 15 is 0 Å². The van der Waals surface area contributed by atoms with Crippen molar-refractivity contribution in [1.82, 2.24) is 5.32 Å². The van der Waals surface area contributed by atoms with E-state index in [1.165, 1.54) is 0 Å². The highest BCUT2D eigenvalue weighted by Gasteiger charge is 2.41. The molecule has 138 valence electrons. The Hall–Kier alpha value is -1.89. The van der Waals surface area contributed by atoms with Gasteiger partial charge in [-0.15, -0.1) is 0 Å². The topological polar surface area (TPSA) is 84.9 Å². The summed E-state index contributed by atoms with van der Waals surface area (Å²) in [5.74, 6) is 1.66. The highest BCUT2D eigenvalue weighted by Crippen LogP contribution is 2.28. The lowest BCUT2D eigenvalue weighted by atomic mass is 9.92. The fraction of sp³-hybridized carbons (Fsp3) is 0.556. The summed E-state index contributed by atoms with van der Waals surface area (Å²) < 4.78 is 11.2. The number of para-hydroxylation sites is 2. The number of carbonyl (C=O) groups is 2. The Morgan fingerprint density at radius 1 is 1.20 bits per heavy atom. The van der Waals surface area contributed by atoms with Crippen molar-refractivity contribution < 1.29 is 24.2 Å². The molecule has 0 saturated carbocycles. The zero-order chi connectivity index (χ0) is 18.1. The van der Waals surface area contributed by atoms with Gasteiger partial charge < -0.3 is 19.9 Å². The van der Waals surface area contributed by atoms with Gasteiger partial charge in [-0.05, 0) is 49.8 Å². The Labute approximate surface area is 152 Å². The molecule has 1 saturated heterocycles. The highest BCUT2D eigenvalue weighted by atomic mass is 32.2. The molecule has 7 heteroatoms. The maximum atomic E-state index is 12.1. The molecule has 2 N–H and O–H groups in total. The number of carboxylic acids is 1. The monoisotopic (exact) mass is 367 g/mol. The molecule has 1 heterocycles. The Morgan fingerprint density at radius 2 is 1.84 bits per heavy atom. The number of hydrogen-bond acceptors (Lipinski definition) is 5. The number of nitrogens with one attached hydrogen (secondary N) is 1. The highest BCUT2D eigenvalue weighted by molar-refractivity contribution is 7.99. The minimum Gasteiger partial charge on any atom is -0.490 e. The number of rotatable bonds is 9. The number of hydrogen-bond donors (Lipinski definition) is 2. The molecular weight excluding hydrogens is 342 g/mol. The average Bonchev–Trinajstić information content (AvgIpc) is 2.61. The first kappa shape index (κ1) is 19.4. The van der Waals surface area contributed by atoms with Crippen molar-refractivity contribution in [2.45, 2.75) is 38.1 Å². The minimum atomic E-state index is -1.11. The van der Waals surface area contributed by atoms with Gasteiger partial charge in [0.15, 0.2) is 11.5 Å². The molecule has 1 aromatic carbocycles. The van der Waals surface area contributed by atoms with Crippen LogP contribution in [0.2, 0.25) is 0 Å². The van der Waals surface area contributed by atoms with E-state index in [9.17, 15) is 14.7 Å². The third-order valence-corrected chi connectivity index (χ3v) is 5.07. The van der Waals surface area contributed by atoms with Gasteiger partial charge in [0.2, 0.25) is 5.91 Å². The second-order valence-corrected chi connectivity index (χ2v) is 7.10. The lowest BCUT2D eigenvalue weighted by Crippen LogP contribution is -2.56. The van der Waals surface area contributed by atoms with Gasteiger partial charge in [-0.25, -0.2) is 4.79 Å².